The number of methoxy groups -OCH3 is 3. The van der Waals surface area contributed by atoms with Crippen LogP contribution in [0.3, 0.4) is 0 Å². The molecule has 0 saturated carbocycles. The van der Waals surface area contributed by atoms with E-state index in [0.29, 0.717) is 22.8 Å². The summed E-state index contributed by atoms with van der Waals surface area (Å²) < 4.78 is 17.4. The van der Waals surface area contributed by atoms with Gasteiger partial charge in [-0.25, -0.2) is 0 Å². The molecule has 0 aliphatic heterocycles. The molecule has 2 rings (SSSR count). The predicted molar refractivity (Wildman–Crippen MR) is 82.7 cm³/mol. The average Bonchev–Trinajstić information content (AvgIpc) is 2.98. The van der Waals surface area contributed by atoms with Gasteiger partial charge in [0, 0.05) is 24.9 Å². The number of carbonyl (C=O) groups excluding carboxylic acids is 1. The first kappa shape index (κ1) is 15.6. The van der Waals surface area contributed by atoms with E-state index in [9.17, 15) is 4.79 Å². The van der Waals surface area contributed by atoms with Crippen molar-refractivity contribution in [1.29, 1.82) is 0 Å². The predicted octanol–water partition coefficient (Wildman–Crippen LogP) is 2.34. The number of allylic oxidation sites excluding steroid dienone is 1. The van der Waals surface area contributed by atoms with Gasteiger partial charge in [0.15, 0.2) is 17.3 Å². The summed E-state index contributed by atoms with van der Waals surface area (Å²) in [6.07, 6.45) is 6.34. The molecule has 0 atom stereocenters. The number of rotatable bonds is 6. The molecule has 1 aromatic heterocycles. The molecule has 116 valence electrons. The van der Waals surface area contributed by atoms with Gasteiger partial charge in [0.1, 0.15) is 5.75 Å². The Hall–Kier alpha value is -2.76. The fourth-order valence-electron chi connectivity index (χ4n) is 1.99. The van der Waals surface area contributed by atoms with Crippen LogP contribution >= 0.6 is 0 Å². The topological polar surface area (TPSA) is 62.6 Å². The van der Waals surface area contributed by atoms with E-state index >= 15 is 0 Å². The van der Waals surface area contributed by atoms with Crippen LogP contribution in [-0.2, 0) is 7.05 Å². The zero-order valence-electron chi connectivity index (χ0n) is 13.0. The van der Waals surface area contributed by atoms with Crippen molar-refractivity contribution in [1.82, 2.24) is 9.78 Å². The van der Waals surface area contributed by atoms with Crippen LogP contribution in [0, 0.1) is 0 Å². The lowest BCUT2D eigenvalue weighted by molar-refractivity contribution is 0.104. The second-order valence-corrected chi connectivity index (χ2v) is 4.55. The van der Waals surface area contributed by atoms with Crippen LogP contribution in [0.4, 0.5) is 0 Å². The zero-order chi connectivity index (χ0) is 16.1. The third-order valence-electron chi connectivity index (χ3n) is 3.14. The highest BCUT2D eigenvalue weighted by Crippen LogP contribution is 2.35. The molecule has 2 aromatic rings. The quantitative estimate of drug-likeness (QED) is 0.605. The number of aromatic nitrogens is 2. The maximum Gasteiger partial charge on any atom is 0.189 e. The van der Waals surface area contributed by atoms with Gasteiger partial charge in [0.25, 0.3) is 0 Å². The van der Waals surface area contributed by atoms with E-state index in [4.69, 9.17) is 14.2 Å². The number of hydrogen-bond acceptors (Lipinski definition) is 5. The Bertz CT molecular complexity index is 704. The third kappa shape index (κ3) is 3.28. The fourth-order valence-corrected chi connectivity index (χ4v) is 1.99. The van der Waals surface area contributed by atoms with Gasteiger partial charge in [-0.2, -0.15) is 5.10 Å². The zero-order valence-corrected chi connectivity index (χ0v) is 13.0. The van der Waals surface area contributed by atoms with Gasteiger partial charge in [0.05, 0.1) is 33.1 Å². The van der Waals surface area contributed by atoms with E-state index in [1.54, 1.807) is 57.5 Å². The Morgan fingerprint density at radius 2 is 1.73 bits per heavy atom. The molecule has 0 saturated heterocycles. The van der Waals surface area contributed by atoms with E-state index in [1.165, 1.54) is 12.3 Å². The maximum atomic E-state index is 12.1. The minimum Gasteiger partial charge on any atom is -0.496 e. The fraction of sp³-hybridized carbons (Fsp3) is 0.250. The number of carbonyl (C=O) groups is 1. The van der Waals surface area contributed by atoms with E-state index < -0.39 is 0 Å². The summed E-state index contributed by atoms with van der Waals surface area (Å²) in [4.78, 5) is 12.1. The van der Waals surface area contributed by atoms with E-state index in [1.807, 2.05) is 0 Å². The largest absolute Gasteiger partial charge is 0.496 e. The molecule has 0 bridgehead atoms. The van der Waals surface area contributed by atoms with Crippen molar-refractivity contribution >= 4 is 11.9 Å². The second-order valence-electron chi connectivity index (χ2n) is 4.55. The first-order chi connectivity index (χ1) is 10.6. The number of ketones is 1. The second kappa shape index (κ2) is 6.80. The number of benzene rings is 1. The summed E-state index contributed by atoms with van der Waals surface area (Å²) in [6.45, 7) is 0. The van der Waals surface area contributed by atoms with Crippen LogP contribution in [0.2, 0.25) is 0 Å². The Morgan fingerprint density at radius 3 is 2.27 bits per heavy atom. The first-order valence-electron chi connectivity index (χ1n) is 6.60. The van der Waals surface area contributed by atoms with E-state index in [2.05, 4.69) is 5.10 Å². The number of nitrogens with zero attached hydrogens (tertiary/aromatic N) is 2. The summed E-state index contributed by atoms with van der Waals surface area (Å²) in [6, 6.07) is 3.47. The van der Waals surface area contributed by atoms with Gasteiger partial charge in [-0.15, -0.1) is 0 Å². The molecular weight excluding hydrogens is 284 g/mol. The molecule has 0 amide bonds. The molecule has 22 heavy (non-hydrogen) atoms. The van der Waals surface area contributed by atoms with Gasteiger partial charge < -0.3 is 14.2 Å². The van der Waals surface area contributed by atoms with Gasteiger partial charge in [-0.3, -0.25) is 9.48 Å². The summed E-state index contributed by atoms with van der Waals surface area (Å²) in [7, 11) is 6.43. The first-order valence-corrected chi connectivity index (χ1v) is 6.60. The molecule has 0 fully saturated rings. The van der Waals surface area contributed by atoms with Crippen LogP contribution in [-0.4, -0.2) is 36.9 Å². The van der Waals surface area contributed by atoms with Crippen LogP contribution in [0.25, 0.3) is 6.08 Å². The highest BCUT2D eigenvalue weighted by atomic mass is 16.5. The molecule has 0 N–H and O–H groups in total. The van der Waals surface area contributed by atoms with Crippen LogP contribution < -0.4 is 14.2 Å². The smallest absolute Gasteiger partial charge is 0.189 e. The molecule has 0 unspecified atom stereocenters. The maximum absolute atomic E-state index is 12.1. The van der Waals surface area contributed by atoms with Gasteiger partial charge in [0.2, 0.25) is 0 Å². The Labute approximate surface area is 128 Å². The van der Waals surface area contributed by atoms with Crippen molar-refractivity contribution in [3.05, 3.63) is 41.7 Å². The van der Waals surface area contributed by atoms with E-state index in [-0.39, 0.29) is 5.78 Å². The van der Waals surface area contributed by atoms with Gasteiger partial charge in [-0.05, 0) is 18.2 Å². The lowest BCUT2D eigenvalue weighted by Gasteiger charge is -2.12. The summed E-state index contributed by atoms with van der Waals surface area (Å²) in [5.41, 5.74) is 1.25. The Morgan fingerprint density at radius 1 is 1.09 bits per heavy atom. The van der Waals surface area contributed by atoms with E-state index in [0.717, 1.165) is 5.56 Å². The third-order valence-corrected chi connectivity index (χ3v) is 3.14. The molecule has 6 nitrogen and oxygen atoms in total. The lowest BCUT2D eigenvalue weighted by atomic mass is 10.1. The van der Waals surface area contributed by atoms with Gasteiger partial charge in [-0.1, -0.05) is 0 Å². The molecular formula is C16H18N2O4. The standard InChI is InChI=1S/C16H18N2O4/c1-18-10-12(9-17-18)13(19)6-5-11-7-15(21-3)16(22-4)8-14(11)20-2/h5-10H,1-4H3/b6-5-. The van der Waals surface area contributed by atoms with Crippen LogP contribution in [0.15, 0.2) is 30.6 Å². The number of ether oxygens (including phenoxy) is 3. The highest BCUT2D eigenvalue weighted by molar-refractivity contribution is 6.06. The van der Waals surface area contributed by atoms with Crippen LogP contribution in [0.1, 0.15) is 15.9 Å². The monoisotopic (exact) mass is 302 g/mol. The molecule has 1 heterocycles. The summed E-state index contributed by atoms with van der Waals surface area (Å²) in [5.74, 6) is 1.59. The minimum absolute atomic E-state index is 0.134. The lowest BCUT2D eigenvalue weighted by Crippen LogP contribution is -1.95. The Kier molecular flexibility index (Phi) is 4.83. The summed E-state index contributed by atoms with van der Waals surface area (Å²) >= 11 is 0. The number of aryl methyl sites for hydroxylation is 1. The molecule has 0 spiro atoms. The molecule has 0 aliphatic rings. The van der Waals surface area contributed by atoms with Crippen molar-refractivity contribution in [2.24, 2.45) is 7.05 Å². The normalized spacial score (nSPS) is 10.7. The number of hydrogen-bond donors (Lipinski definition) is 0. The molecule has 6 heteroatoms. The van der Waals surface area contributed by atoms with Gasteiger partial charge >= 0.3 is 0 Å². The average molecular weight is 302 g/mol. The SMILES string of the molecule is COc1cc(OC)c(OC)cc1/C=C\C(=O)c1cnn(C)c1. The van der Waals surface area contributed by atoms with Crippen molar-refractivity contribution < 1.29 is 19.0 Å². The summed E-state index contributed by atoms with van der Waals surface area (Å²) in [5, 5.41) is 3.98. The molecule has 1 aromatic carbocycles. The molecule has 0 aliphatic carbocycles. The van der Waals surface area contributed by atoms with Crippen LogP contribution in [0.5, 0.6) is 17.2 Å². The highest BCUT2D eigenvalue weighted by Gasteiger charge is 2.11. The minimum atomic E-state index is -0.134. The van der Waals surface area contributed by atoms with Crippen molar-refractivity contribution in [3.63, 3.8) is 0 Å². The molecule has 0 radical (unpaired) electrons. The Balaban J connectivity index is 2.31. The van der Waals surface area contributed by atoms with Crippen molar-refractivity contribution in [2.45, 2.75) is 0 Å². The van der Waals surface area contributed by atoms with Crippen molar-refractivity contribution in [2.75, 3.05) is 21.3 Å². The van der Waals surface area contributed by atoms with Crippen molar-refractivity contribution in [3.8, 4) is 17.2 Å².